The highest BCUT2D eigenvalue weighted by molar-refractivity contribution is 7.89. The molecule has 8 nitrogen and oxygen atoms in total. The highest BCUT2D eigenvalue weighted by Crippen LogP contribution is 2.14. The summed E-state index contributed by atoms with van der Waals surface area (Å²) in [4.78, 5) is 22.8. The summed E-state index contributed by atoms with van der Waals surface area (Å²) in [6, 6.07) is 13.4. The summed E-state index contributed by atoms with van der Waals surface area (Å²) in [6.07, 6.45) is 0.802. The first-order chi connectivity index (χ1) is 14.3. The lowest BCUT2D eigenvalue weighted by atomic mass is 10.2. The Labute approximate surface area is 176 Å². The number of carbonyl (C=O) groups excluding carboxylic acids is 2. The van der Waals surface area contributed by atoms with Crippen LogP contribution in [0.2, 0.25) is 0 Å². The Balaban J connectivity index is 1.69. The molecule has 0 unspecified atom stereocenters. The van der Waals surface area contributed by atoms with E-state index in [-0.39, 0.29) is 37.0 Å². The molecule has 30 heavy (non-hydrogen) atoms. The van der Waals surface area contributed by atoms with Gasteiger partial charge in [-0.05, 0) is 48.4 Å². The van der Waals surface area contributed by atoms with Gasteiger partial charge < -0.3 is 14.8 Å². The van der Waals surface area contributed by atoms with Crippen molar-refractivity contribution in [2.45, 2.75) is 31.6 Å². The number of sulfonamides is 1. The molecule has 0 aromatic heterocycles. The lowest BCUT2D eigenvalue weighted by Gasteiger charge is -2.09. The predicted octanol–water partition coefficient (Wildman–Crippen LogP) is 2.50. The normalized spacial score (nSPS) is 11.0. The van der Waals surface area contributed by atoms with E-state index in [9.17, 15) is 18.0 Å². The quantitative estimate of drug-likeness (QED) is 0.415. The van der Waals surface area contributed by atoms with Gasteiger partial charge in [0.15, 0.2) is 0 Å². The Morgan fingerprint density at radius 1 is 1.03 bits per heavy atom. The first-order valence-electron chi connectivity index (χ1n) is 9.55. The number of ether oxygens (including phenoxy) is 2. The van der Waals surface area contributed by atoms with Crippen molar-refractivity contribution in [2.24, 2.45) is 0 Å². The standard InChI is InChI=1S/C21H26N2O6S/c1-3-17-5-4-6-19(15-17)28-13-14-29-21(25)11-12-22-30(26,27)20-9-7-18(8-10-20)23-16(2)24/h4-10,15,22H,3,11-14H2,1-2H3,(H,23,24). The molecule has 0 atom stereocenters. The molecule has 0 spiro atoms. The van der Waals surface area contributed by atoms with Crippen molar-refractivity contribution in [1.29, 1.82) is 0 Å². The predicted molar refractivity (Wildman–Crippen MR) is 113 cm³/mol. The number of anilines is 1. The average molecular weight is 435 g/mol. The summed E-state index contributed by atoms with van der Waals surface area (Å²) in [5.74, 6) is -0.0607. The molecule has 0 saturated heterocycles. The summed E-state index contributed by atoms with van der Waals surface area (Å²) in [5, 5.41) is 2.56. The highest BCUT2D eigenvalue weighted by atomic mass is 32.2. The van der Waals surface area contributed by atoms with E-state index >= 15 is 0 Å². The fraction of sp³-hybridized carbons (Fsp3) is 0.333. The van der Waals surface area contributed by atoms with Gasteiger partial charge in [-0.2, -0.15) is 0 Å². The molecule has 0 heterocycles. The van der Waals surface area contributed by atoms with Crippen LogP contribution in [0.1, 0.15) is 25.8 Å². The van der Waals surface area contributed by atoms with Gasteiger partial charge in [0, 0.05) is 19.2 Å². The molecule has 9 heteroatoms. The van der Waals surface area contributed by atoms with Crippen molar-refractivity contribution in [2.75, 3.05) is 25.1 Å². The van der Waals surface area contributed by atoms with Crippen LogP contribution in [-0.4, -0.2) is 40.1 Å². The number of rotatable bonds is 11. The summed E-state index contributed by atoms with van der Waals surface area (Å²) in [5.41, 5.74) is 1.65. The van der Waals surface area contributed by atoms with Gasteiger partial charge in [0.1, 0.15) is 19.0 Å². The second kappa shape index (κ2) is 11.3. The summed E-state index contributed by atoms with van der Waals surface area (Å²) in [6.45, 7) is 3.61. The van der Waals surface area contributed by atoms with Crippen LogP contribution < -0.4 is 14.8 Å². The van der Waals surface area contributed by atoms with Crippen LogP contribution in [-0.2, 0) is 30.8 Å². The number of nitrogens with one attached hydrogen (secondary N) is 2. The molecule has 0 bridgehead atoms. The zero-order valence-electron chi connectivity index (χ0n) is 17.0. The van der Waals surface area contributed by atoms with Crippen LogP contribution in [0.4, 0.5) is 5.69 Å². The lowest BCUT2D eigenvalue weighted by molar-refractivity contribution is -0.144. The van der Waals surface area contributed by atoms with Crippen LogP contribution in [0, 0.1) is 0 Å². The molecular weight excluding hydrogens is 408 g/mol. The second-order valence-electron chi connectivity index (χ2n) is 6.42. The first kappa shape index (κ1) is 23.4. The van der Waals surface area contributed by atoms with E-state index in [1.807, 2.05) is 24.3 Å². The van der Waals surface area contributed by atoms with E-state index < -0.39 is 16.0 Å². The molecule has 0 aliphatic carbocycles. The molecule has 2 aromatic rings. The van der Waals surface area contributed by atoms with Crippen LogP contribution in [0.5, 0.6) is 5.75 Å². The number of hydrogen-bond donors (Lipinski definition) is 2. The van der Waals surface area contributed by atoms with Crippen LogP contribution in [0.3, 0.4) is 0 Å². The smallest absolute Gasteiger partial charge is 0.307 e. The molecule has 162 valence electrons. The maximum absolute atomic E-state index is 12.2. The third-order valence-corrected chi connectivity index (χ3v) is 5.50. The molecule has 0 aliphatic heterocycles. The summed E-state index contributed by atoms with van der Waals surface area (Å²) < 4.78 is 37.4. The third-order valence-electron chi connectivity index (χ3n) is 4.03. The van der Waals surface area contributed by atoms with Gasteiger partial charge >= 0.3 is 5.97 Å². The minimum absolute atomic E-state index is 0.0349. The van der Waals surface area contributed by atoms with Crippen LogP contribution >= 0.6 is 0 Å². The molecule has 1 amide bonds. The minimum atomic E-state index is -3.76. The molecule has 2 aromatic carbocycles. The van der Waals surface area contributed by atoms with E-state index in [2.05, 4.69) is 17.0 Å². The maximum atomic E-state index is 12.2. The molecule has 0 aliphatic rings. The Morgan fingerprint density at radius 2 is 1.77 bits per heavy atom. The van der Waals surface area contributed by atoms with E-state index in [1.54, 1.807) is 0 Å². The van der Waals surface area contributed by atoms with Gasteiger partial charge in [0.25, 0.3) is 0 Å². The van der Waals surface area contributed by atoms with Crippen molar-refractivity contribution in [3.8, 4) is 5.75 Å². The first-order valence-corrected chi connectivity index (χ1v) is 11.0. The maximum Gasteiger partial charge on any atom is 0.307 e. The van der Waals surface area contributed by atoms with E-state index in [4.69, 9.17) is 9.47 Å². The van der Waals surface area contributed by atoms with Gasteiger partial charge in [-0.3, -0.25) is 9.59 Å². The minimum Gasteiger partial charge on any atom is -0.490 e. The monoisotopic (exact) mass is 434 g/mol. The van der Waals surface area contributed by atoms with Gasteiger partial charge in [0.05, 0.1) is 11.3 Å². The molecule has 2 N–H and O–H groups in total. The van der Waals surface area contributed by atoms with Gasteiger partial charge in [-0.25, -0.2) is 13.1 Å². The fourth-order valence-electron chi connectivity index (χ4n) is 2.53. The lowest BCUT2D eigenvalue weighted by Crippen LogP contribution is -2.27. The third kappa shape index (κ3) is 7.84. The zero-order valence-corrected chi connectivity index (χ0v) is 17.8. The Kier molecular flexibility index (Phi) is 8.82. The molecule has 2 rings (SSSR count). The number of benzene rings is 2. The molecular formula is C21H26N2O6S. The number of hydrogen-bond acceptors (Lipinski definition) is 6. The molecule has 0 radical (unpaired) electrons. The number of carbonyl (C=O) groups is 2. The van der Waals surface area contributed by atoms with Crippen molar-refractivity contribution in [3.05, 3.63) is 54.1 Å². The zero-order chi connectivity index (χ0) is 22.0. The second-order valence-corrected chi connectivity index (χ2v) is 8.19. The Morgan fingerprint density at radius 3 is 2.43 bits per heavy atom. The summed E-state index contributed by atoms with van der Waals surface area (Å²) >= 11 is 0. The van der Waals surface area contributed by atoms with Crippen LogP contribution in [0.25, 0.3) is 0 Å². The largest absolute Gasteiger partial charge is 0.490 e. The Bertz CT molecular complexity index is 958. The topological polar surface area (TPSA) is 111 Å². The number of esters is 1. The van der Waals surface area contributed by atoms with Gasteiger partial charge in [-0.15, -0.1) is 0 Å². The Hall–Kier alpha value is -2.91. The molecule has 0 fully saturated rings. The highest BCUT2D eigenvalue weighted by Gasteiger charge is 2.14. The van der Waals surface area contributed by atoms with E-state index in [0.717, 1.165) is 12.0 Å². The number of aryl methyl sites for hydroxylation is 1. The van der Waals surface area contributed by atoms with Crippen molar-refractivity contribution in [3.63, 3.8) is 0 Å². The van der Waals surface area contributed by atoms with Crippen molar-refractivity contribution < 1.29 is 27.5 Å². The van der Waals surface area contributed by atoms with Crippen LogP contribution in [0.15, 0.2) is 53.4 Å². The van der Waals surface area contributed by atoms with E-state index in [1.165, 1.54) is 31.2 Å². The number of amides is 1. The average Bonchev–Trinajstić information content (AvgIpc) is 2.71. The van der Waals surface area contributed by atoms with Gasteiger partial charge in [-0.1, -0.05) is 19.1 Å². The fourth-order valence-corrected chi connectivity index (χ4v) is 3.57. The summed E-state index contributed by atoms with van der Waals surface area (Å²) in [7, 11) is -3.76. The van der Waals surface area contributed by atoms with Gasteiger partial charge in [0.2, 0.25) is 15.9 Å². The van der Waals surface area contributed by atoms with Crippen molar-refractivity contribution >= 4 is 27.6 Å². The van der Waals surface area contributed by atoms with E-state index in [0.29, 0.717) is 11.4 Å². The van der Waals surface area contributed by atoms with Crippen molar-refractivity contribution in [1.82, 2.24) is 4.72 Å². The SMILES string of the molecule is CCc1cccc(OCCOC(=O)CCNS(=O)(=O)c2ccc(NC(C)=O)cc2)c1. The molecule has 0 saturated carbocycles.